The van der Waals surface area contributed by atoms with Gasteiger partial charge in [0.25, 0.3) is 0 Å². The predicted molar refractivity (Wildman–Crippen MR) is 125 cm³/mol. The van der Waals surface area contributed by atoms with E-state index < -0.39 is 28.1 Å². The maximum atomic E-state index is 14.1. The Morgan fingerprint density at radius 2 is 1.58 bits per heavy atom. The van der Waals surface area contributed by atoms with Crippen LogP contribution in [0.2, 0.25) is 0 Å². The van der Waals surface area contributed by atoms with Crippen LogP contribution in [0.3, 0.4) is 0 Å². The van der Waals surface area contributed by atoms with E-state index >= 15 is 0 Å². The van der Waals surface area contributed by atoms with Crippen molar-refractivity contribution in [1.29, 1.82) is 0 Å². The van der Waals surface area contributed by atoms with Crippen LogP contribution in [0.1, 0.15) is 35.2 Å². The molecule has 1 heterocycles. The quantitative estimate of drug-likeness (QED) is 0.563. The third kappa shape index (κ3) is 4.29. The average molecular weight is 464 g/mol. The molecule has 0 aliphatic carbocycles. The van der Waals surface area contributed by atoms with Gasteiger partial charge in [-0.1, -0.05) is 66.7 Å². The number of carboxylic acids is 1. The molecule has 0 saturated heterocycles. The molecule has 1 aliphatic rings. The summed E-state index contributed by atoms with van der Waals surface area (Å²) in [5.74, 6) is -0.480. The monoisotopic (exact) mass is 463 g/mol. The second kappa shape index (κ2) is 9.21. The molecule has 0 radical (unpaired) electrons. The van der Waals surface area contributed by atoms with Crippen molar-refractivity contribution in [2.75, 3.05) is 7.11 Å². The molecule has 0 unspecified atom stereocenters. The summed E-state index contributed by atoms with van der Waals surface area (Å²) in [6.07, 6.45) is 1.88. The van der Waals surface area contributed by atoms with Gasteiger partial charge in [-0.25, -0.2) is 13.2 Å². The summed E-state index contributed by atoms with van der Waals surface area (Å²) in [6.45, 7) is 1.74. The van der Waals surface area contributed by atoms with E-state index in [2.05, 4.69) is 0 Å². The van der Waals surface area contributed by atoms with Gasteiger partial charge in [-0.15, -0.1) is 0 Å². The number of aliphatic carboxylic acids is 1. The van der Waals surface area contributed by atoms with E-state index in [1.807, 2.05) is 18.2 Å². The molecule has 2 atom stereocenters. The molecule has 33 heavy (non-hydrogen) atoms. The highest BCUT2D eigenvalue weighted by molar-refractivity contribution is 7.89. The minimum atomic E-state index is -4.07. The van der Waals surface area contributed by atoms with Crippen LogP contribution in [0.4, 0.5) is 0 Å². The summed E-state index contributed by atoms with van der Waals surface area (Å²) in [6, 6.07) is 21.3. The standard InChI is InChI=1S/C26H25NO5S/c1-18-8-6-7-11-24(18)33(30,31)27-23(19-12-14-21(32-2)15-13-19)17-16-22(26(28)29)25(27)20-9-4-3-5-10-20/h3-16,23,25H,17H2,1-2H3,(H,28,29)/t23-,25-/m0/s1. The van der Waals surface area contributed by atoms with Crippen LogP contribution in [0.5, 0.6) is 5.75 Å². The zero-order valence-electron chi connectivity index (χ0n) is 18.4. The van der Waals surface area contributed by atoms with Crippen molar-refractivity contribution in [2.45, 2.75) is 30.3 Å². The minimum absolute atomic E-state index is 0.0446. The Morgan fingerprint density at radius 1 is 0.939 bits per heavy atom. The van der Waals surface area contributed by atoms with Crippen molar-refractivity contribution in [1.82, 2.24) is 4.31 Å². The highest BCUT2D eigenvalue weighted by Gasteiger charge is 2.44. The number of hydrogen-bond acceptors (Lipinski definition) is 4. The Kier molecular flexibility index (Phi) is 6.35. The number of methoxy groups -OCH3 is 1. The van der Waals surface area contributed by atoms with Crippen LogP contribution >= 0.6 is 0 Å². The van der Waals surface area contributed by atoms with Crippen molar-refractivity contribution in [3.8, 4) is 5.75 Å². The molecule has 0 amide bonds. The van der Waals surface area contributed by atoms with E-state index in [1.165, 1.54) is 4.31 Å². The van der Waals surface area contributed by atoms with Crippen LogP contribution in [-0.4, -0.2) is 30.9 Å². The van der Waals surface area contributed by atoms with Crippen LogP contribution in [0, 0.1) is 6.92 Å². The molecule has 0 bridgehead atoms. The molecule has 3 aromatic carbocycles. The fourth-order valence-corrected chi connectivity index (χ4v) is 6.32. The Labute approximate surface area is 193 Å². The first kappa shape index (κ1) is 22.8. The molecule has 4 rings (SSSR count). The number of aryl methyl sites for hydroxylation is 1. The van der Waals surface area contributed by atoms with E-state index in [0.29, 0.717) is 16.9 Å². The van der Waals surface area contributed by atoms with Crippen LogP contribution < -0.4 is 4.74 Å². The van der Waals surface area contributed by atoms with E-state index in [1.54, 1.807) is 80.8 Å². The molecule has 1 aliphatic heterocycles. The van der Waals surface area contributed by atoms with Crippen molar-refractivity contribution in [3.05, 3.63) is 107 Å². The maximum Gasteiger partial charge on any atom is 0.333 e. The first-order valence-electron chi connectivity index (χ1n) is 10.6. The smallest absolute Gasteiger partial charge is 0.333 e. The summed E-state index contributed by atoms with van der Waals surface area (Å²) in [7, 11) is -2.50. The number of nitrogens with zero attached hydrogens (tertiary/aromatic N) is 1. The SMILES string of the molecule is COc1ccc([C@@H]2CC=C(C(=O)O)[C@H](c3ccccc3)N2S(=O)(=O)c2ccccc2C)cc1. The number of rotatable bonds is 6. The fraction of sp³-hybridized carbons (Fsp3) is 0.192. The topological polar surface area (TPSA) is 83.9 Å². The number of carbonyl (C=O) groups is 1. The molecule has 0 spiro atoms. The molecule has 3 aromatic rings. The lowest BCUT2D eigenvalue weighted by Gasteiger charge is -2.41. The lowest BCUT2D eigenvalue weighted by atomic mass is 9.89. The third-order valence-corrected chi connectivity index (χ3v) is 7.96. The molecular formula is C26H25NO5S. The molecule has 6 nitrogen and oxygen atoms in total. The lowest BCUT2D eigenvalue weighted by Crippen LogP contribution is -2.42. The minimum Gasteiger partial charge on any atom is -0.497 e. The Morgan fingerprint density at radius 3 is 2.18 bits per heavy atom. The second-order valence-corrected chi connectivity index (χ2v) is 9.71. The van der Waals surface area contributed by atoms with Crippen LogP contribution in [0.15, 0.2) is 95.4 Å². The summed E-state index contributed by atoms with van der Waals surface area (Å²) < 4.78 is 34.9. The average Bonchev–Trinajstić information content (AvgIpc) is 2.83. The molecule has 1 N–H and O–H groups in total. The van der Waals surface area contributed by atoms with Crippen molar-refractivity contribution in [3.63, 3.8) is 0 Å². The van der Waals surface area contributed by atoms with E-state index in [4.69, 9.17) is 4.74 Å². The van der Waals surface area contributed by atoms with Gasteiger partial charge in [-0.2, -0.15) is 4.31 Å². The summed E-state index contributed by atoms with van der Waals surface area (Å²) >= 11 is 0. The highest BCUT2D eigenvalue weighted by Crippen LogP contribution is 2.46. The van der Waals surface area contributed by atoms with E-state index in [0.717, 1.165) is 5.56 Å². The van der Waals surface area contributed by atoms with Gasteiger partial charge in [0.2, 0.25) is 10.0 Å². The number of ether oxygens (including phenoxy) is 1. The van der Waals surface area contributed by atoms with Gasteiger partial charge in [-0.3, -0.25) is 0 Å². The summed E-state index contributed by atoms with van der Waals surface area (Å²) in [5.41, 5.74) is 2.00. The van der Waals surface area contributed by atoms with Gasteiger partial charge in [0.1, 0.15) is 5.75 Å². The molecular weight excluding hydrogens is 438 g/mol. The third-order valence-electron chi connectivity index (χ3n) is 5.93. The van der Waals surface area contributed by atoms with E-state index in [9.17, 15) is 18.3 Å². The number of carboxylic acid groups (broad SMARTS) is 1. The van der Waals surface area contributed by atoms with Crippen molar-refractivity contribution < 1.29 is 23.1 Å². The summed E-state index contributed by atoms with van der Waals surface area (Å²) in [4.78, 5) is 12.4. The van der Waals surface area contributed by atoms with Gasteiger partial charge < -0.3 is 9.84 Å². The van der Waals surface area contributed by atoms with Gasteiger partial charge in [0.05, 0.1) is 29.7 Å². The normalized spacial score (nSPS) is 19.0. The molecule has 7 heteroatoms. The Bertz CT molecular complexity index is 1280. The Balaban J connectivity index is 1.96. The van der Waals surface area contributed by atoms with Gasteiger partial charge in [-0.05, 0) is 48.2 Å². The van der Waals surface area contributed by atoms with Crippen molar-refractivity contribution in [2.24, 2.45) is 0 Å². The number of benzene rings is 3. The molecule has 170 valence electrons. The number of sulfonamides is 1. The highest BCUT2D eigenvalue weighted by atomic mass is 32.2. The largest absolute Gasteiger partial charge is 0.497 e. The fourth-order valence-electron chi connectivity index (χ4n) is 4.31. The van der Waals surface area contributed by atoms with Crippen LogP contribution in [-0.2, 0) is 14.8 Å². The van der Waals surface area contributed by atoms with Crippen LogP contribution in [0.25, 0.3) is 0 Å². The molecule has 0 aromatic heterocycles. The number of hydrogen-bond donors (Lipinski definition) is 1. The van der Waals surface area contributed by atoms with E-state index in [-0.39, 0.29) is 16.9 Å². The molecule has 0 fully saturated rings. The zero-order valence-corrected chi connectivity index (χ0v) is 19.2. The first-order chi connectivity index (χ1) is 15.8. The Hall–Kier alpha value is -3.42. The first-order valence-corrected chi connectivity index (χ1v) is 12.0. The maximum absolute atomic E-state index is 14.1. The molecule has 0 saturated carbocycles. The van der Waals surface area contributed by atoms with Gasteiger partial charge in [0.15, 0.2) is 0 Å². The lowest BCUT2D eigenvalue weighted by molar-refractivity contribution is -0.133. The van der Waals surface area contributed by atoms with Gasteiger partial charge in [0, 0.05) is 0 Å². The summed E-state index contributed by atoms with van der Waals surface area (Å²) in [5, 5.41) is 10.00. The predicted octanol–water partition coefficient (Wildman–Crippen LogP) is 4.89. The van der Waals surface area contributed by atoms with Gasteiger partial charge >= 0.3 is 5.97 Å². The zero-order chi connectivity index (χ0) is 23.6. The second-order valence-electron chi connectivity index (χ2n) is 7.90. The van der Waals surface area contributed by atoms with Crippen molar-refractivity contribution >= 4 is 16.0 Å².